The third-order valence-corrected chi connectivity index (χ3v) is 5.02. The van der Waals surface area contributed by atoms with Crippen LogP contribution in [0.4, 0.5) is 0 Å². The summed E-state index contributed by atoms with van der Waals surface area (Å²) in [7, 11) is 4.73. The fourth-order valence-electron chi connectivity index (χ4n) is 2.72. The van der Waals surface area contributed by atoms with Crippen LogP contribution in [0.3, 0.4) is 0 Å². The molecule has 0 N–H and O–H groups in total. The van der Waals surface area contributed by atoms with Crippen molar-refractivity contribution in [3.8, 4) is 16.9 Å². The quantitative estimate of drug-likeness (QED) is 0.632. The standard InChI is InChI=1S/C18H20N2O4S/c1-11-19-17-16(18(21)20(11)9-15(23-3)24-4)14(10-25-17)12-5-7-13(22-2)8-6-12/h5-8,10,15H,9H2,1-4H3. The van der Waals surface area contributed by atoms with E-state index in [9.17, 15) is 4.79 Å². The Morgan fingerprint density at radius 1 is 1.16 bits per heavy atom. The molecule has 0 saturated heterocycles. The molecule has 0 unspecified atom stereocenters. The second-order valence-corrected chi connectivity index (χ2v) is 6.39. The van der Waals surface area contributed by atoms with E-state index >= 15 is 0 Å². The fourth-order valence-corrected chi connectivity index (χ4v) is 3.70. The van der Waals surface area contributed by atoms with Crippen LogP contribution in [-0.4, -0.2) is 37.2 Å². The van der Waals surface area contributed by atoms with Crippen LogP contribution in [0.5, 0.6) is 5.75 Å². The number of ether oxygens (including phenoxy) is 3. The van der Waals surface area contributed by atoms with Gasteiger partial charge in [0.1, 0.15) is 16.4 Å². The van der Waals surface area contributed by atoms with E-state index in [1.54, 1.807) is 25.9 Å². The van der Waals surface area contributed by atoms with Crippen molar-refractivity contribution in [3.63, 3.8) is 0 Å². The highest BCUT2D eigenvalue weighted by Gasteiger charge is 2.17. The van der Waals surface area contributed by atoms with Crippen molar-refractivity contribution < 1.29 is 14.2 Å². The smallest absolute Gasteiger partial charge is 0.263 e. The number of hydrogen-bond acceptors (Lipinski definition) is 6. The molecule has 2 aromatic heterocycles. The minimum atomic E-state index is -0.501. The zero-order valence-corrected chi connectivity index (χ0v) is 15.4. The van der Waals surface area contributed by atoms with Crippen LogP contribution < -0.4 is 10.3 Å². The molecule has 0 aliphatic rings. The Kier molecular flexibility index (Phi) is 5.17. The van der Waals surface area contributed by atoms with Gasteiger partial charge < -0.3 is 14.2 Å². The summed E-state index contributed by atoms with van der Waals surface area (Å²) in [4.78, 5) is 18.4. The van der Waals surface area contributed by atoms with E-state index in [0.717, 1.165) is 21.7 Å². The second-order valence-electron chi connectivity index (χ2n) is 5.53. The van der Waals surface area contributed by atoms with Crippen LogP contribution in [-0.2, 0) is 16.0 Å². The molecule has 3 aromatic rings. The number of benzene rings is 1. The molecule has 0 aliphatic heterocycles. The van der Waals surface area contributed by atoms with Gasteiger partial charge in [0.05, 0.1) is 19.0 Å². The molecule has 0 spiro atoms. The minimum Gasteiger partial charge on any atom is -0.497 e. The first kappa shape index (κ1) is 17.6. The molecule has 132 valence electrons. The van der Waals surface area contributed by atoms with Gasteiger partial charge in [0, 0.05) is 25.2 Å². The van der Waals surface area contributed by atoms with E-state index in [0.29, 0.717) is 17.8 Å². The van der Waals surface area contributed by atoms with Crippen LogP contribution in [0.15, 0.2) is 34.4 Å². The van der Waals surface area contributed by atoms with Crippen molar-refractivity contribution in [2.75, 3.05) is 21.3 Å². The summed E-state index contributed by atoms with van der Waals surface area (Å²) in [5, 5.41) is 2.58. The molecule has 6 nitrogen and oxygen atoms in total. The highest BCUT2D eigenvalue weighted by atomic mass is 32.1. The molecular weight excluding hydrogens is 340 g/mol. The molecule has 0 fully saturated rings. The number of hydrogen-bond donors (Lipinski definition) is 0. The molecule has 0 bridgehead atoms. The van der Waals surface area contributed by atoms with E-state index in [4.69, 9.17) is 14.2 Å². The van der Waals surface area contributed by atoms with E-state index in [-0.39, 0.29) is 5.56 Å². The van der Waals surface area contributed by atoms with Gasteiger partial charge in [-0.25, -0.2) is 4.98 Å². The third-order valence-electron chi connectivity index (χ3n) is 4.14. The third kappa shape index (κ3) is 3.30. The lowest BCUT2D eigenvalue weighted by Crippen LogP contribution is -2.31. The van der Waals surface area contributed by atoms with Crippen LogP contribution in [0.1, 0.15) is 5.82 Å². The van der Waals surface area contributed by atoms with Gasteiger partial charge in [-0.15, -0.1) is 11.3 Å². The van der Waals surface area contributed by atoms with Crippen molar-refractivity contribution in [3.05, 3.63) is 45.8 Å². The van der Waals surface area contributed by atoms with Gasteiger partial charge in [-0.05, 0) is 24.6 Å². The normalized spacial score (nSPS) is 11.4. The summed E-state index contributed by atoms with van der Waals surface area (Å²) >= 11 is 1.47. The number of aryl methyl sites for hydroxylation is 1. The molecule has 0 radical (unpaired) electrons. The Labute approximate surface area is 149 Å². The topological polar surface area (TPSA) is 62.6 Å². The zero-order chi connectivity index (χ0) is 18.0. The van der Waals surface area contributed by atoms with Gasteiger partial charge >= 0.3 is 0 Å². The summed E-state index contributed by atoms with van der Waals surface area (Å²) in [6.07, 6.45) is -0.501. The van der Waals surface area contributed by atoms with Gasteiger partial charge in [-0.3, -0.25) is 9.36 Å². The van der Waals surface area contributed by atoms with E-state index in [1.165, 1.54) is 11.3 Å². The fraction of sp³-hybridized carbons (Fsp3) is 0.333. The number of fused-ring (bicyclic) bond motifs is 1. The first-order chi connectivity index (χ1) is 12.1. The monoisotopic (exact) mass is 360 g/mol. The lowest BCUT2D eigenvalue weighted by molar-refractivity contribution is -0.111. The van der Waals surface area contributed by atoms with Gasteiger partial charge in [0.15, 0.2) is 6.29 Å². The Bertz CT molecular complexity index is 927. The maximum Gasteiger partial charge on any atom is 0.263 e. The highest BCUT2D eigenvalue weighted by molar-refractivity contribution is 7.17. The Hall–Kier alpha value is -2.22. The molecule has 0 aliphatic carbocycles. The molecule has 1 aromatic carbocycles. The molecule has 0 amide bonds. The van der Waals surface area contributed by atoms with Gasteiger partial charge in [-0.2, -0.15) is 0 Å². The Morgan fingerprint density at radius 3 is 2.44 bits per heavy atom. The number of methoxy groups -OCH3 is 3. The average Bonchev–Trinajstić information content (AvgIpc) is 3.06. The van der Waals surface area contributed by atoms with Crippen molar-refractivity contribution in [2.24, 2.45) is 0 Å². The molecule has 7 heteroatoms. The Morgan fingerprint density at radius 2 is 1.84 bits per heavy atom. The van der Waals surface area contributed by atoms with Crippen LogP contribution >= 0.6 is 11.3 Å². The van der Waals surface area contributed by atoms with Crippen molar-refractivity contribution >= 4 is 21.6 Å². The maximum absolute atomic E-state index is 13.1. The summed E-state index contributed by atoms with van der Waals surface area (Å²) in [5.41, 5.74) is 1.74. The van der Waals surface area contributed by atoms with Crippen LogP contribution in [0, 0.1) is 6.92 Å². The Balaban J connectivity index is 2.14. The molecule has 0 atom stereocenters. The van der Waals surface area contributed by atoms with E-state index in [2.05, 4.69) is 4.98 Å². The summed E-state index contributed by atoms with van der Waals surface area (Å²) in [6, 6.07) is 7.64. The van der Waals surface area contributed by atoms with E-state index < -0.39 is 6.29 Å². The van der Waals surface area contributed by atoms with Crippen molar-refractivity contribution in [1.82, 2.24) is 9.55 Å². The predicted octanol–water partition coefficient (Wildman–Crippen LogP) is 3.06. The summed E-state index contributed by atoms with van der Waals surface area (Å²) < 4.78 is 17.2. The minimum absolute atomic E-state index is 0.0892. The number of aromatic nitrogens is 2. The van der Waals surface area contributed by atoms with E-state index in [1.807, 2.05) is 36.6 Å². The zero-order valence-electron chi connectivity index (χ0n) is 14.6. The predicted molar refractivity (Wildman–Crippen MR) is 98.4 cm³/mol. The first-order valence-electron chi connectivity index (χ1n) is 7.77. The number of thiophene rings is 1. The largest absolute Gasteiger partial charge is 0.497 e. The molecular formula is C18H20N2O4S. The number of rotatable bonds is 6. The highest BCUT2D eigenvalue weighted by Crippen LogP contribution is 2.32. The lowest BCUT2D eigenvalue weighted by Gasteiger charge is -2.16. The molecule has 0 saturated carbocycles. The summed E-state index contributed by atoms with van der Waals surface area (Å²) in [6.45, 7) is 2.11. The average molecular weight is 360 g/mol. The molecule has 2 heterocycles. The van der Waals surface area contributed by atoms with Gasteiger partial charge in [0.2, 0.25) is 0 Å². The molecule has 25 heavy (non-hydrogen) atoms. The first-order valence-corrected chi connectivity index (χ1v) is 8.65. The van der Waals surface area contributed by atoms with Crippen LogP contribution in [0.25, 0.3) is 21.3 Å². The lowest BCUT2D eigenvalue weighted by atomic mass is 10.1. The number of nitrogens with zero attached hydrogens (tertiary/aromatic N) is 2. The van der Waals surface area contributed by atoms with Gasteiger partial charge in [-0.1, -0.05) is 12.1 Å². The SMILES string of the molecule is COc1ccc(-c2csc3nc(C)n(CC(OC)OC)c(=O)c23)cc1. The van der Waals surface area contributed by atoms with Gasteiger partial charge in [0.25, 0.3) is 5.56 Å². The van der Waals surface area contributed by atoms with Crippen LogP contribution in [0.2, 0.25) is 0 Å². The maximum atomic E-state index is 13.1. The molecule has 3 rings (SSSR count). The van der Waals surface area contributed by atoms with Crippen molar-refractivity contribution in [1.29, 1.82) is 0 Å². The second kappa shape index (κ2) is 7.35. The van der Waals surface area contributed by atoms with Crippen molar-refractivity contribution in [2.45, 2.75) is 19.8 Å². The summed E-state index contributed by atoms with van der Waals surface area (Å²) in [5.74, 6) is 1.41.